The molecule has 2 aromatic rings. The molecule has 23 heavy (non-hydrogen) atoms. The number of ether oxygens (including phenoxy) is 2. The first-order valence-corrected chi connectivity index (χ1v) is 7.97. The number of nitrogens with zero attached hydrogens (tertiary/aromatic N) is 1. The van der Waals surface area contributed by atoms with E-state index in [1.54, 1.807) is 6.33 Å². The number of amides is 1. The van der Waals surface area contributed by atoms with Crippen molar-refractivity contribution in [1.82, 2.24) is 15.3 Å². The van der Waals surface area contributed by atoms with Crippen molar-refractivity contribution in [1.29, 1.82) is 0 Å². The summed E-state index contributed by atoms with van der Waals surface area (Å²) in [5.74, 6) is 1.57. The highest BCUT2D eigenvalue weighted by molar-refractivity contribution is 5.79. The third-order valence-electron chi connectivity index (χ3n) is 4.43. The summed E-state index contributed by atoms with van der Waals surface area (Å²) in [6, 6.07) is 7.59. The van der Waals surface area contributed by atoms with Crippen LogP contribution in [0.2, 0.25) is 0 Å². The van der Waals surface area contributed by atoms with E-state index in [9.17, 15) is 4.79 Å². The third-order valence-corrected chi connectivity index (χ3v) is 4.43. The van der Waals surface area contributed by atoms with Crippen molar-refractivity contribution in [2.45, 2.75) is 25.4 Å². The topological polar surface area (TPSA) is 76.2 Å². The number of nitrogens with one attached hydrogen (secondary N) is 2. The second-order valence-corrected chi connectivity index (χ2v) is 6.01. The number of rotatable bonds is 3. The van der Waals surface area contributed by atoms with E-state index in [0.717, 1.165) is 42.1 Å². The third kappa shape index (κ3) is 2.88. The highest BCUT2D eigenvalue weighted by Gasteiger charge is 2.27. The molecule has 0 spiro atoms. The van der Waals surface area contributed by atoms with Crippen LogP contribution in [0.5, 0.6) is 11.5 Å². The number of hydrogen-bond donors (Lipinski definition) is 2. The molecular weight excluding hydrogens is 294 g/mol. The molecule has 1 aliphatic carbocycles. The molecule has 2 atom stereocenters. The molecular formula is C17H19N3O3. The second kappa shape index (κ2) is 5.95. The number of aromatic nitrogens is 2. The maximum absolute atomic E-state index is 12.4. The lowest BCUT2D eigenvalue weighted by Crippen LogP contribution is -2.43. The minimum atomic E-state index is -0.153. The highest BCUT2D eigenvalue weighted by atomic mass is 16.6. The van der Waals surface area contributed by atoms with Gasteiger partial charge in [-0.1, -0.05) is 12.1 Å². The van der Waals surface area contributed by atoms with E-state index in [-0.39, 0.29) is 17.9 Å². The number of carbonyl (C=O) groups excluding carboxylic acids is 1. The van der Waals surface area contributed by atoms with E-state index >= 15 is 0 Å². The first-order chi connectivity index (χ1) is 11.3. The van der Waals surface area contributed by atoms with E-state index in [1.807, 2.05) is 24.3 Å². The Hall–Kier alpha value is -2.50. The fourth-order valence-electron chi connectivity index (χ4n) is 3.15. The van der Waals surface area contributed by atoms with Gasteiger partial charge in [0, 0.05) is 18.0 Å². The summed E-state index contributed by atoms with van der Waals surface area (Å²) in [4.78, 5) is 19.8. The minimum Gasteiger partial charge on any atom is -0.486 e. The number of para-hydroxylation sites is 2. The highest BCUT2D eigenvalue weighted by Crippen LogP contribution is 2.30. The van der Waals surface area contributed by atoms with Gasteiger partial charge in [0.05, 0.1) is 18.6 Å². The number of aromatic amines is 1. The van der Waals surface area contributed by atoms with Gasteiger partial charge < -0.3 is 19.8 Å². The molecule has 2 aliphatic rings. The van der Waals surface area contributed by atoms with Crippen molar-refractivity contribution in [2.24, 2.45) is 5.92 Å². The van der Waals surface area contributed by atoms with Gasteiger partial charge in [0.1, 0.15) is 12.7 Å². The van der Waals surface area contributed by atoms with Gasteiger partial charge >= 0.3 is 0 Å². The molecule has 1 amide bonds. The summed E-state index contributed by atoms with van der Waals surface area (Å²) in [5.41, 5.74) is 2.18. The van der Waals surface area contributed by atoms with Crippen molar-refractivity contribution < 1.29 is 14.3 Å². The van der Waals surface area contributed by atoms with Gasteiger partial charge in [0.15, 0.2) is 11.5 Å². The molecule has 4 rings (SSSR count). The average Bonchev–Trinajstić information content (AvgIpc) is 3.07. The smallest absolute Gasteiger partial charge is 0.223 e. The minimum absolute atomic E-state index is 0.000236. The van der Waals surface area contributed by atoms with Gasteiger partial charge in [-0.2, -0.15) is 0 Å². The molecule has 120 valence electrons. The van der Waals surface area contributed by atoms with Crippen LogP contribution in [0.3, 0.4) is 0 Å². The number of fused-ring (bicyclic) bond motifs is 2. The van der Waals surface area contributed by atoms with E-state index in [4.69, 9.17) is 9.47 Å². The van der Waals surface area contributed by atoms with Crippen LogP contribution in [0.15, 0.2) is 30.6 Å². The molecule has 6 nitrogen and oxygen atoms in total. The Morgan fingerprint density at radius 3 is 3.13 bits per heavy atom. The van der Waals surface area contributed by atoms with Crippen molar-refractivity contribution in [2.75, 3.05) is 13.2 Å². The van der Waals surface area contributed by atoms with Gasteiger partial charge in [-0.05, 0) is 25.0 Å². The van der Waals surface area contributed by atoms with E-state index in [2.05, 4.69) is 15.3 Å². The molecule has 2 N–H and O–H groups in total. The Morgan fingerprint density at radius 2 is 2.22 bits per heavy atom. The second-order valence-electron chi connectivity index (χ2n) is 6.01. The van der Waals surface area contributed by atoms with Gasteiger partial charge in [0.2, 0.25) is 5.91 Å². The first kappa shape index (κ1) is 14.1. The summed E-state index contributed by atoms with van der Waals surface area (Å²) in [5, 5.41) is 3.00. The van der Waals surface area contributed by atoms with Gasteiger partial charge in [-0.25, -0.2) is 4.98 Å². The summed E-state index contributed by atoms with van der Waals surface area (Å²) in [6.45, 7) is 0.909. The van der Waals surface area contributed by atoms with Crippen molar-refractivity contribution in [3.63, 3.8) is 0 Å². The summed E-state index contributed by atoms with van der Waals surface area (Å²) in [7, 11) is 0. The fraction of sp³-hybridized carbons (Fsp3) is 0.412. The van der Waals surface area contributed by atoms with Crippen molar-refractivity contribution in [3.8, 4) is 11.5 Å². The number of H-pyrrole nitrogens is 1. The van der Waals surface area contributed by atoms with Crippen LogP contribution < -0.4 is 14.8 Å². The molecule has 0 radical (unpaired) electrons. The van der Waals surface area contributed by atoms with Crippen LogP contribution >= 0.6 is 0 Å². The van der Waals surface area contributed by atoms with Crippen molar-refractivity contribution in [3.05, 3.63) is 42.0 Å². The quantitative estimate of drug-likeness (QED) is 0.900. The number of hydrogen-bond acceptors (Lipinski definition) is 4. The molecule has 0 saturated carbocycles. The molecule has 2 heterocycles. The standard InChI is InChI=1S/C17H19N3O3/c21-17(11-5-6-13-14(7-11)20-10-19-13)18-8-12-9-22-15-3-1-2-4-16(15)23-12/h1-4,10-12H,5-9H2,(H,18,21)(H,19,20)/t11-,12+/m1/s1. The lowest BCUT2D eigenvalue weighted by Gasteiger charge is -2.27. The van der Waals surface area contributed by atoms with Gasteiger partial charge in [-0.3, -0.25) is 4.79 Å². The maximum atomic E-state index is 12.4. The van der Waals surface area contributed by atoms with Gasteiger partial charge in [0.25, 0.3) is 0 Å². The van der Waals surface area contributed by atoms with E-state index in [1.165, 1.54) is 0 Å². The zero-order valence-corrected chi connectivity index (χ0v) is 12.7. The molecule has 0 fully saturated rings. The summed E-state index contributed by atoms with van der Waals surface area (Å²) in [6.07, 6.45) is 3.98. The summed E-state index contributed by atoms with van der Waals surface area (Å²) >= 11 is 0. The Morgan fingerprint density at radius 1 is 1.35 bits per heavy atom. The van der Waals surface area contributed by atoms with Crippen LogP contribution in [0.1, 0.15) is 17.8 Å². The predicted molar refractivity (Wildman–Crippen MR) is 83.5 cm³/mol. The summed E-state index contributed by atoms with van der Waals surface area (Å²) < 4.78 is 11.5. The zero-order chi connectivity index (χ0) is 15.6. The Labute approximate surface area is 134 Å². The molecule has 1 aliphatic heterocycles. The van der Waals surface area contributed by atoms with Crippen LogP contribution in [-0.4, -0.2) is 35.1 Å². The fourth-order valence-corrected chi connectivity index (χ4v) is 3.15. The molecule has 0 unspecified atom stereocenters. The Balaban J connectivity index is 1.31. The van der Waals surface area contributed by atoms with E-state index < -0.39 is 0 Å². The van der Waals surface area contributed by atoms with Crippen LogP contribution in [-0.2, 0) is 17.6 Å². The largest absolute Gasteiger partial charge is 0.486 e. The zero-order valence-electron chi connectivity index (χ0n) is 12.7. The number of carbonyl (C=O) groups is 1. The number of benzene rings is 1. The first-order valence-electron chi connectivity index (χ1n) is 7.97. The Kier molecular flexibility index (Phi) is 3.65. The van der Waals surface area contributed by atoms with Crippen LogP contribution in [0.25, 0.3) is 0 Å². The normalized spacial score (nSPS) is 22.3. The average molecular weight is 313 g/mol. The van der Waals surface area contributed by atoms with Crippen LogP contribution in [0.4, 0.5) is 0 Å². The van der Waals surface area contributed by atoms with Crippen LogP contribution in [0, 0.1) is 5.92 Å². The lowest BCUT2D eigenvalue weighted by atomic mass is 9.89. The SMILES string of the molecule is O=C(NC[C@H]1COc2ccccc2O1)[C@@H]1CCc2nc[nH]c2C1. The van der Waals surface area contributed by atoms with E-state index in [0.29, 0.717) is 13.2 Å². The lowest BCUT2D eigenvalue weighted by molar-refractivity contribution is -0.125. The molecule has 6 heteroatoms. The molecule has 0 saturated heterocycles. The van der Waals surface area contributed by atoms with Crippen molar-refractivity contribution >= 4 is 5.91 Å². The Bertz CT molecular complexity index is 713. The maximum Gasteiger partial charge on any atom is 0.223 e. The van der Waals surface area contributed by atoms with Gasteiger partial charge in [-0.15, -0.1) is 0 Å². The monoisotopic (exact) mass is 313 g/mol. The number of imidazole rings is 1. The molecule has 0 bridgehead atoms. The predicted octanol–water partition coefficient (Wildman–Crippen LogP) is 1.47. The number of aryl methyl sites for hydroxylation is 1. The molecule has 1 aromatic heterocycles. The molecule has 1 aromatic carbocycles.